The van der Waals surface area contributed by atoms with Crippen molar-refractivity contribution in [2.45, 2.75) is 11.8 Å². The number of benzene rings is 2. The minimum Gasteiger partial charge on any atom is -0.497 e. The van der Waals surface area contributed by atoms with Crippen LogP contribution in [-0.4, -0.2) is 18.5 Å². The third-order valence-electron chi connectivity index (χ3n) is 2.79. The molecule has 0 fully saturated rings. The molecule has 20 heavy (non-hydrogen) atoms. The maximum Gasteiger partial charge on any atom is 0.329 e. The molecule has 0 heterocycles. The number of hydrogen-bond acceptors (Lipinski definition) is 3. The second kappa shape index (κ2) is 6.96. The molecule has 2 aromatic carbocycles. The largest absolute Gasteiger partial charge is 0.497 e. The quantitative estimate of drug-likeness (QED) is 0.481. The highest BCUT2D eigenvalue weighted by Gasteiger charge is 2.18. The number of esters is 1. The Morgan fingerprint density at radius 1 is 1.05 bits per heavy atom. The molecule has 2 aromatic rings. The van der Waals surface area contributed by atoms with E-state index in [9.17, 15) is 4.79 Å². The number of methoxy groups -OCH3 is 1. The van der Waals surface area contributed by atoms with Crippen molar-refractivity contribution in [2.24, 2.45) is 0 Å². The molecule has 0 saturated heterocycles. The molecule has 0 N–H and O–H groups in total. The van der Waals surface area contributed by atoms with E-state index in [1.165, 1.54) is 0 Å². The van der Waals surface area contributed by atoms with E-state index in [1.807, 2.05) is 30.3 Å². The number of carbonyl (C=O) groups is 1. The highest BCUT2D eigenvalue weighted by atomic mass is 35.5. The Morgan fingerprint density at radius 3 is 2.30 bits per heavy atom. The molecule has 0 aliphatic heterocycles. The molecule has 0 spiro atoms. The Morgan fingerprint density at radius 2 is 1.70 bits per heavy atom. The van der Waals surface area contributed by atoms with Crippen LogP contribution in [0.5, 0.6) is 11.5 Å². The van der Waals surface area contributed by atoms with Gasteiger partial charge in [-0.1, -0.05) is 30.3 Å². The molecule has 0 unspecified atom stereocenters. The van der Waals surface area contributed by atoms with Crippen LogP contribution in [0, 0.1) is 0 Å². The van der Waals surface area contributed by atoms with E-state index in [2.05, 4.69) is 0 Å². The molecular formula is C16H15ClO3. The molecule has 0 bridgehead atoms. The maximum absolute atomic E-state index is 11.9. The summed E-state index contributed by atoms with van der Waals surface area (Å²) in [6, 6.07) is 16.3. The first-order chi connectivity index (χ1) is 9.69. The van der Waals surface area contributed by atoms with Crippen LogP contribution in [0.4, 0.5) is 0 Å². The van der Waals surface area contributed by atoms with Crippen LogP contribution in [0.25, 0.3) is 0 Å². The molecule has 0 aromatic heterocycles. The predicted molar refractivity (Wildman–Crippen MR) is 78.4 cm³/mol. The second-order valence-electron chi connectivity index (χ2n) is 4.25. The number of alkyl halides is 1. The standard InChI is InChI=1S/C16H15ClO3/c1-19-13-9-7-12(8-10-13)11-15(17)16(18)20-14-5-3-2-4-6-14/h2-10,15H,11H2,1H3/t15-/m0/s1. The summed E-state index contributed by atoms with van der Waals surface area (Å²) in [5.41, 5.74) is 0.954. The van der Waals surface area contributed by atoms with Crippen LogP contribution in [0.3, 0.4) is 0 Å². The van der Waals surface area contributed by atoms with Crippen molar-refractivity contribution in [1.82, 2.24) is 0 Å². The van der Waals surface area contributed by atoms with Crippen LogP contribution in [0.15, 0.2) is 54.6 Å². The van der Waals surface area contributed by atoms with Gasteiger partial charge >= 0.3 is 5.97 Å². The maximum atomic E-state index is 11.9. The van der Waals surface area contributed by atoms with E-state index >= 15 is 0 Å². The van der Waals surface area contributed by atoms with Gasteiger partial charge in [-0.25, -0.2) is 0 Å². The van der Waals surface area contributed by atoms with E-state index < -0.39 is 11.3 Å². The molecule has 0 radical (unpaired) electrons. The smallest absolute Gasteiger partial charge is 0.329 e. The lowest BCUT2D eigenvalue weighted by molar-refractivity contribution is -0.133. The van der Waals surface area contributed by atoms with Crippen LogP contribution >= 0.6 is 11.6 Å². The Balaban J connectivity index is 1.93. The van der Waals surface area contributed by atoms with Gasteiger partial charge < -0.3 is 9.47 Å². The zero-order chi connectivity index (χ0) is 14.4. The fourth-order valence-electron chi connectivity index (χ4n) is 1.72. The molecule has 104 valence electrons. The van der Waals surface area contributed by atoms with Gasteiger partial charge in [-0.2, -0.15) is 0 Å². The van der Waals surface area contributed by atoms with Crippen molar-refractivity contribution in [2.75, 3.05) is 7.11 Å². The molecule has 0 saturated carbocycles. The highest BCUT2D eigenvalue weighted by Crippen LogP contribution is 2.16. The van der Waals surface area contributed by atoms with Crippen molar-refractivity contribution < 1.29 is 14.3 Å². The average molecular weight is 291 g/mol. The third-order valence-corrected chi connectivity index (χ3v) is 3.12. The van der Waals surface area contributed by atoms with E-state index in [1.54, 1.807) is 31.4 Å². The molecule has 0 aliphatic rings. The van der Waals surface area contributed by atoms with Gasteiger partial charge in [0.25, 0.3) is 0 Å². The summed E-state index contributed by atoms with van der Waals surface area (Å²) < 4.78 is 10.3. The first kappa shape index (κ1) is 14.4. The van der Waals surface area contributed by atoms with Crippen molar-refractivity contribution in [3.63, 3.8) is 0 Å². The lowest BCUT2D eigenvalue weighted by atomic mass is 10.1. The van der Waals surface area contributed by atoms with Gasteiger partial charge in [-0.05, 0) is 36.2 Å². The number of para-hydroxylation sites is 1. The van der Waals surface area contributed by atoms with E-state index in [0.29, 0.717) is 12.2 Å². The summed E-state index contributed by atoms with van der Waals surface area (Å²) in [5, 5.41) is -0.719. The monoisotopic (exact) mass is 290 g/mol. The van der Waals surface area contributed by atoms with Gasteiger partial charge in [0.1, 0.15) is 16.9 Å². The van der Waals surface area contributed by atoms with Crippen LogP contribution < -0.4 is 9.47 Å². The van der Waals surface area contributed by atoms with E-state index in [-0.39, 0.29) is 0 Å². The van der Waals surface area contributed by atoms with Gasteiger partial charge in [0.2, 0.25) is 0 Å². The van der Waals surface area contributed by atoms with Gasteiger partial charge in [0.15, 0.2) is 0 Å². The Hall–Kier alpha value is -2.00. The third kappa shape index (κ3) is 4.00. The molecule has 2 rings (SSSR count). The molecular weight excluding hydrogens is 276 g/mol. The molecule has 4 heteroatoms. The summed E-state index contributed by atoms with van der Waals surface area (Å²) in [6.07, 6.45) is 0.414. The van der Waals surface area contributed by atoms with Gasteiger partial charge in [0.05, 0.1) is 7.11 Å². The van der Waals surface area contributed by atoms with E-state index in [4.69, 9.17) is 21.1 Å². The first-order valence-electron chi connectivity index (χ1n) is 6.23. The van der Waals surface area contributed by atoms with Crippen LogP contribution in [-0.2, 0) is 11.2 Å². The minimum atomic E-state index is -0.719. The average Bonchev–Trinajstić information content (AvgIpc) is 2.49. The van der Waals surface area contributed by atoms with Crippen LogP contribution in [0.1, 0.15) is 5.56 Å². The lowest BCUT2D eigenvalue weighted by Crippen LogP contribution is -2.22. The van der Waals surface area contributed by atoms with Crippen molar-refractivity contribution >= 4 is 17.6 Å². The van der Waals surface area contributed by atoms with Gasteiger partial charge in [-0.15, -0.1) is 11.6 Å². The molecule has 0 aliphatic carbocycles. The number of carbonyl (C=O) groups excluding carboxylic acids is 1. The molecule has 1 atom stereocenters. The Kier molecular flexibility index (Phi) is 5.02. The summed E-state index contributed by atoms with van der Waals surface area (Å²) >= 11 is 6.08. The summed E-state index contributed by atoms with van der Waals surface area (Å²) in [5.74, 6) is 0.818. The fraction of sp³-hybridized carbons (Fsp3) is 0.188. The normalized spacial score (nSPS) is 11.7. The minimum absolute atomic E-state index is 0.414. The summed E-state index contributed by atoms with van der Waals surface area (Å²) in [6.45, 7) is 0. The van der Waals surface area contributed by atoms with Gasteiger partial charge in [0, 0.05) is 0 Å². The fourth-order valence-corrected chi connectivity index (χ4v) is 1.94. The van der Waals surface area contributed by atoms with Crippen molar-refractivity contribution in [1.29, 1.82) is 0 Å². The van der Waals surface area contributed by atoms with Crippen molar-refractivity contribution in [3.05, 3.63) is 60.2 Å². The predicted octanol–water partition coefficient (Wildman–Crippen LogP) is 3.45. The lowest BCUT2D eigenvalue weighted by Gasteiger charge is -2.10. The van der Waals surface area contributed by atoms with Crippen LogP contribution in [0.2, 0.25) is 0 Å². The Bertz CT molecular complexity index is 552. The molecule has 0 amide bonds. The van der Waals surface area contributed by atoms with Gasteiger partial charge in [-0.3, -0.25) is 4.79 Å². The summed E-state index contributed by atoms with van der Waals surface area (Å²) in [4.78, 5) is 11.9. The summed E-state index contributed by atoms with van der Waals surface area (Å²) in [7, 11) is 1.61. The zero-order valence-electron chi connectivity index (χ0n) is 11.1. The van der Waals surface area contributed by atoms with E-state index in [0.717, 1.165) is 11.3 Å². The number of hydrogen-bond donors (Lipinski definition) is 0. The topological polar surface area (TPSA) is 35.5 Å². The second-order valence-corrected chi connectivity index (χ2v) is 4.78. The zero-order valence-corrected chi connectivity index (χ0v) is 11.8. The first-order valence-corrected chi connectivity index (χ1v) is 6.66. The number of halogens is 1. The highest BCUT2D eigenvalue weighted by molar-refractivity contribution is 6.30. The number of ether oxygens (including phenoxy) is 2. The number of rotatable bonds is 5. The molecule has 3 nitrogen and oxygen atoms in total. The Labute approximate surface area is 123 Å². The van der Waals surface area contributed by atoms with Crippen molar-refractivity contribution in [3.8, 4) is 11.5 Å². The SMILES string of the molecule is COc1ccc(C[C@H](Cl)C(=O)Oc2ccccc2)cc1.